The van der Waals surface area contributed by atoms with Crippen LogP contribution in [0.4, 0.5) is 5.13 Å². The van der Waals surface area contributed by atoms with E-state index in [4.69, 9.17) is 4.74 Å². The van der Waals surface area contributed by atoms with Crippen LogP contribution in [0.15, 0.2) is 35.8 Å². The zero-order valence-corrected chi connectivity index (χ0v) is 13.6. The maximum atomic E-state index is 11.7. The Kier molecular flexibility index (Phi) is 5.05. The highest BCUT2D eigenvalue weighted by Crippen LogP contribution is 2.45. The lowest BCUT2D eigenvalue weighted by Crippen LogP contribution is -2.19. The molecular weight excluding hydrogens is 324 g/mol. The first-order valence-corrected chi connectivity index (χ1v) is 9.44. The highest BCUT2D eigenvalue weighted by molar-refractivity contribution is 8.19. The van der Waals surface area contributed by atoms with E-state index < -0.39 is 0 Å². The van der Waals surface area contributed by atoms with Crippen molar-refractivity contribution in [3.05, 3.63) is 41.4 Å². The number of amides is 1. The van der Waals surface area contributed by atoms with E-state index in [2.05, 4.69) is 22.4 Å². The maximum absolute atomic E-state index is 11.7. The van der Waals surface area contributed by atoms with E-state index in [1.54, 1.807) is 6.20 Å². The van der Waals surface area contributed by atoms with Gasteiger partial charge in [-0.1, -0.05) is 12.1 Å². The zero-order valence-electron chi connectivity index (χ0n) is 11.2. The average Bonchev–Trinajstić information content (AvgIpc) is 3.19. The minimum absolute atomic E-state index is 0.00808. The summed E-state index contributed by atoms with van der Waals surface area (Å²) in [7, 11) is 0. The first kappa shape index (κ1) is 14.7. The number of thiazole rings is 1. The van der Waals surface area contributed by atoms with Gasteiger partial charge >= 0.3 is 0 Å². The molecule has 1 N–H and O–H groups in total. The van der Waals surface area contributed by atoms with Gasteiger partial charge in [0.05, 0.1) is 4.58 Å². The van der Waals surface area contributed by atoms with E-state index >= 15 is 0 Å². The molecule has 1 amide bonds. The largest absolute Gasteiger partial charge is 0.484 e. The number of carbonyl (C=O) groups excluding carboxylic acids is 1. The second-order valence-corrected chi connectivity index (χ2v) is 7.94. The van der Waals surface area contributed by atoms with Gasteiger partial charge < -0.3 is 4.74 Å². The third kappa shape index (κ3) is 4.15. The fraction of sp³-hybridized carbons (Fsp3) is 0.286. The van der Waals surface area contributed by atoms with E-state index in [-0.39, 0.29) is 12.5 Å². The number of aromatic nitrogens is 1. The average molecular weight is 338 g/mol. The van der Waals surface area contributed by atoms with Gasteiger partial charge in [0.2, 0.25) is 0 Å². The molecule has 0 bridgehead atoms. The molecule has 1 aromatic heterocycles. The number of ether oxygens (including phenoxy) is 1. The summed E-state index contributed by atoms with van der Waals surface area (Å²) in [5, 5.41) is 5.09. The van der Waals surface area contributed by atoms with Crippen molar-refractivity contribution in [2.75, 3.05) is 23.4 Å². The molecule has 1 aliphatic heterocycles. The van der Waals surface area contributed by atoms with Crippen LogP contribution in [0, 0.1) is 0 Å². The third-order valence-electron chi connectivity index (χ3n) is 2.82. The van der Waals surface area contributed by atoms with Gasteiger partial charge in [0.15, 0.2) is 11.7 Å². The van der Waals surface area contributed by atoms with Gasteiger partial charge in [-0.25, -0.2) is 4.98 Å². The standard InChI is InChI=1S/C14H14N2O2S3/c17-12(16-14-15-5-6-21-14)9-18-11-3-1-10(2-4-11)13-19-7-8-20-13/h1-6,13H,7-9H2,(H,15,16,17). The molecule has 1 fully saturated rings. The number of rotatable bonds is 5. The van der Waals surface area contributed by atoms with Crippen molar-refractivity contribution in [2.45, 2.75) is 4.58 Å². The van der Waals surface area contributed by atoms with Gasteiger partial charge in [-0.2, -0.15) is 0 Å². The number of anilines is 1. The van der Waals surface area contributed by atoms with Crippen molar-refractivity contribution in [3.63, 3.8) is 0 Å². The molecule has 1 saturated heterocycles. The molecule has 0 saturated carbocycles. The number of hydrogen-bond acceptors (Lipinski definition) is 6. The summed E-state index contributed by atoms with van der Waals surface area (Å²) in [5.74, 6) is 2.94. The van der Waals surface area contributed by atoms with Gasteiger partial charge in [0.1, 0.15) is 5.75 Å². The van der Waals surface area contributed by atoms with Crippen LogP contribution < -0.4 is 10.1 Å². The highest BCUT2D eigenvalue weighted by atomic mass is 32.2. The Hall–Kier alpha value is -1.18. The van der Waals surface area contributed by atoms with E-state index in [1.807, 2.05) is 41.0 Å². The summed E-state index contributed by atoms with van der Waals surface area (Å²) >= 11 is 5.33. The van der Waals surface area contributed by atoms with Crippen LogP contribution in [-0.2, 0) is 4.79 Å². The minimum atomic E-state index is -0.198. The Bertz CT molecular complexity index is 581. The molecule has 110 valence electrons. The lowest BCUT2D eigenvalue weighted by molar-refractivity contribution is -0.118. The van der Waals surface area contributed by atoms with Crippen LogP contribution in [0.25, 0.3) is 0 Å². The van der Waals surface area contributed by atoms with Crippen molar-refractivity contribution in [1.82, 2.24) is 4.98 Å². The predicted octanol–water partition coefficient (Wildman–Crippen LogP) is 3.64. The van der Waals surface area contributed by atoms with Crippen LogP contribution in [-0.4, -0.2) is 29.0 Å². The molecule has 2 aromatic rings. The summed E-state index contributed by atoms with van der Waals surface area (Å²) in [6.07, 6.45) is 1.65. The molecule has 0 atom stereocenters. The van der Waals surface area contributed by atoms with Crippen LogP contribution in [0.5, 0.6) is 5.75 Å². The van der Waals surface area contributed by atoms with Gasteiger partial charge in [-0.3, -0.25) is 10.1 Å². The molecule has 21 heavy (non-hydrogen) atoms. The monoisotopic (exact) mass is 338 g/mol. The lowest BCUT2D eigenvalue weighted by Gasteiger charge is -2.10. The molecule has 3 rings (SSSR count). The first-order chi connectivity index (χ1) is 10.3. The Balaban J connectivity index is 1.49. The Morgan fingerprint density at radius 1 is 1.29 bits per heavy atom. The molecule has 0 radical (unpaired) electrons. The number of hydrogen-bond donors (Lipinski definition) is 1. The molecule has 0 aliphatic carbocycles. The van der Waals surface area contributed by atoms with Gasteiger partial charge in [0, 0.05) is 23.1 Å². The molecule has 0 spiro atoms. The smallest absolute Gasteiger partial charge is 0.264 e. The van der Waals surface area contributed by atoms with E-state index in [0.717, 1.165) is 0 Å². The summed E-state index contributed by atoms with van der Waals surface area (Å²) in [6, 6.07) is 7.99. The third-order valence-corrected chi connectivity index (χ3v) is 6.62. The highest BCUT2D eigenvalue weighted by Gasteiger charge is 2.17. The summed E-state index contributed by atoms with van der Waals surface area (Å²) in [6.45, 7) is -0.00808. The molecule has 1 aromatic carbocycles. The fourth-order valence-electron chi connectivity index (χ4n) is 1.86. The van der Waals surface area contributed by atoms with E-state index in [1.165, 1.54) is 28.4 Å². The zero-order chi connectivity index (χ0) is 14.5. The van der Waals surface area contributed by atoms with Gasteiger partial charge in [-0.05, 0) is 17.7 Å². The number of nitrogens with zero attached hydrogens (tertiary/aromatic N) is 1. The molecule has 0 unspecified atom stereocenters. The maximum Gasteiger partial charge on any atom is 0.264 e. The van der Waals surface area contributed by atoms with Crippen LogP contribution in [0.3, 0.4) is 0 Å². The van der Waals surface area contributed by atoms with Crippen LogP contribution in [0.2, 0.25) is 0 Å². The second kappa shape index (κ2) is 7.20. The Labute approximate surface area is 135 Å². The van der Waals surface area contributed by atoms with Crippen LogP contribution in [0.1, 0.15) is 10.1 Å². The molecule has 4 nitrogen and oxygen atoms in total. The van der Waals surface area contributed by atoms with Crippen molar-refractivity contribution >= 4 is 45.9 Å². The number of benzene rings is 1. The van der Waals surface area contributed by atoms with E-state index in [0.29, 0.717) is 15.5 Å². The quantitative estimate of drug-likeness (QED) is 0.902. The fourth-order valence-corrected chi connectivity index (χ4v) is 5.27. The van der Waals surface area contributed by atoms with Crippen molar-refractivity contribution in [3.8, 4) is 5.75 Å². The minimum Gasteiger partial charge on any atom is -0.484 e. The normalized spacial score (nSPS) is 15.0. The molecule has 7 heteroatoms. The molecule has 2 heterocycles. The van der Waals surface area contributed by atoms with Crippen LogP contribution >= 0.6 is 34.9 Å². The van der Waals surface area contributed by atoms with E-state index in [9.17, 15) is 4.79 Å². The number of carbonyl (C=O) groups is 1. The SMILES string of the molecule is O=C(COc1ccc(C2SCCS2)cc1)Nc1nccs1. The lowest BCUT2D eigenvalue weighted by atomic mass is 10.2. The Morgan fingerprint density at radius 3 is 2.71 bits per heavy atom. The summed E-state index contributed by atoms with van der Waals surface area (Å²) in [4.78, 5) is 15.7. The molecule has 1 aliphatic rings. The van der Waals surface area contributed by atoms with Gasteiger partial charge in [-0.15, -0.1) is 34.9 Å². The van der Waals surface area contributed by atoms with Gasteiger partial charge in [0.25, 0.3) is 5.91 Å². The first-order valence-electron chi connectivity index (χ1n) is 6.46. The van der Waals surface area contributed by atoms with Crippen molar-refractivity contribution in [1.29, 1.82) is 0 Å². The van der Waals surface area contributed by atoms with Crippen molar-refractivity contribution < 1.29 is 9.53 Å². The molecular formula is C14H14N2O2S3. The Morgan fingerprint density at radius 2 is 2.05 bits per heavy atom. The second-order valence-electron chi connectivity index (χ2n) is 4.32. The number of thioether (sulfide) groups is 2. The summed E-state index contributed by atoms with van der Waals surface area (Å²) < 4.78 is 6.02. The predicted molar refractivity (Wildman–Crippen MR) is 90.3 cm³/mol. The van der Waals surface area contributed by atoms with Crippen molar-refractivity contribution in [2.24, 2.45) is 0 Å². The topological polar surface area (TPSA) is 51.2 Å². The summed E-state index contributed by atoms with van der Waals surface area (Å²) in [5.41, 5.74) is 1.31. The number of nitrogens with one attached hydrogen (secondary N) is 1.